The molecular weight excluding hydrogens is 290 g/mol. The second-order valence-corrected chi connectivity index (χ2v) is 5.52. The molecule has 0 aromatic heterocycles. The first-order valence-corrected chi connectivity index (χ1v) is 7.52. The van der Waals surface area contributed by atoms with Crippen molar-refractivity contribution in [3.63, 3.8) is 0 Å². The number of nitrogens with one attached hydrogen (secondary N) is 1. The molecule has 0 spiro atoms. The number of carbonyl (C=O) groups is 2. The Kier molecular flexibility index (Phi) is 5.52. The number of benzene rings is 2. The normalized spacial score (nSPS) is 11.6. The zero-order valence-electron chi connectivity index (χ0n) is 13.6. The number of hydrogen-bond acceptors (Lipinski definition) is 3. The summed E-state index contributed by atoms with van der Waals surface area (Å²) in [4.78, 5) is 23.1. The molecule has 1 unspecified atom stereocenters. The average molecular weight is 311 g/mol. The van der Waals surface area contributed by atoms with Crippen molar-refractivity contribution in [2.45, 2.75) is 26.3 Å². The Morgan fingerprint density at radius 2 is 2.00 bits per heavy atom. The highest BCUT2D eigenvalue weighted by Crippen LogP contribution is 2.20. The van der Waals surface area contributed by atoms with E-state index in [0.29, 0.717) is 11.3 Å². The van der Waals surface area contributed by atoms with Crippen molar-refractivity contribution in [2.24, 2.45) is 0 Å². The van der Waals surface area contributed by atoms with Gasteiger partial charge in [0, 0.05) is 0 Å². The minimum Gasteiger partial charge on any atom is -0.496 e. The van der Waals surface area contributed by atoms with Crippen LogP contribution >= 0.6 is 0 Å². The van der Waals surface area contributed by atoms with Gasteiger partial charge in [0.25, 0.3) is 0 Å². The number of ether oxygens (including phenoxy) is 1. The van der Waals surface area contributed by atoms with Crippen LogP contribution < -0.4 is 10.1 Å². The fourth-order valence-electron chi connectivity index (χ4n) is 2.59. The molecule has 2 aromatic rings. The summed E-state index contributed by atoms with van der Waals surface area (Å²) in [6.07, 6.45) is 0.981. The largest absolute Gasteiger partial charge is 0.496 e. The Bertz CT molecular complexity index is 710. The van der Waals surface area contributed by atoms with Crippen LogP contribution in [0.25, 0.3) is 0 Å². The van der Waals surface area contributed by atoms with Crippen molar-refractivity contribution in [1.29, 1.82) is 0 Å². The molecule has 2 aromatic carbocycles. The van der Waals surface area contributed by atoms with E-state index in [1.54, 1.807) is 18.2 Å². The molecule has 0 fully saturated rings. The lowest BCUT2D eigenvalue weighted by Gasteiger charge is -2.16. The molecule has 4 nitrogen and oxygen atoms in total. The first-order valence-electron chi connectivity index (χ1n) is 7.52. The molecule has 2 rings (SSSR count). The summed E-state index contributed by atoms with van der Waals surface area (Å²) >= 11 is 0. The molecule has 1 atom stereocenters. The van der Waals surface area contributed by atoms with Crippen molar-refractivity contribution >= 4 is 12.2 Å². The fraction of sp³-hybridized carbons (Fsp3) is 0.263. The topological polar surface area (TPSA) is 55.4 Å². The lowest BCUT2D eigenvalue weighted by atomic mass is 10.0. The Morgan fingerprint density at radius 3 is 2.65 bits per heavy atom. The van der Waals surface area contributed by atoms with Gasteiger partial charge in [0.05, 0.1) is 25.1 Å². The van der Waals surface area contributed by atoms with E-state index in [-0.39, 0.29) is 18.4 Å². The molecule has 4 heteroatoms. The monoisotopic (exact) mass is 311 g/mol. The molecule has 23 heavy (non-hydrogen) atoms. The highest BCUT2D eigenvalue weighted by molar-refractivity contribution is 5.82. The molecule has 1 N–H and O–H groups in total. The van der Waals surface area contributed by atoms with Crippen molar-refractivity contribution in [2.75, 3.05) is 7.11 Å². The van der Waals surface area contributed by atoms with Crippen LogP contribution in [0.5, 0.6) is 5.75 Å². The lowest BCUT2D eigenvalue weighted by Crippen LogP contribution is -2.28. The average Bonchev–Trinajstić information content (AvgIpc) is 2.54. The molecule has 0 aliphatic heterocycles. The summed E-state index contributed by atoms with van der Waals surface area (Å²) in [6, 6.07) is 13.1. The minimum atomic E-state index is -0.0679. The van der Waals surface area contributed by atoms with Gasteiger partial charge in [0.15, 0.2) is 6.29 Å². The van der Waals surface area contributed by atoms with Gasteiger partial charge in [-0.15, -0.1) is 0 Å². The van der Waals surface area contributed by atoms with E-state index in [1.165, 1.54) is 7.11 Å². The predicted octanol–water partition coefficient (Wildman–Crippen LogP) is 3.24. The predicted molar refractivity (Wildman–Crippen MR) is 89.8 cm³/mol. The maximum atomic E-state index is 12.2. The lowest BCUT2D eigenvalue weighted by molar-refractivity contribution is -0.121. The summed E-state index contributed by atoms with van der Waals surface area (Å²) < 4.78 is 5.16. The minimum absolute atomic E-state index is 0.0557. The van der Waals surface area contributed by atoms with E-state index in [0.717, 1.165) is 23.0 Å². The second kappa shape index (κ2) is 7.58. The van der Waals surface area contributed by atoms with Crippen molar-refractivity contribution in [3.05, 3.63) is 64.7 Å². The van der Waals surface area contributed by atoms with Crippen LogP contribution in [0.2, 0.25) is 0 Å². The quantitative estimate of drug-likeness (QED) is 0.833. The highest BCUT2D eigenvalue weighted by Gasteiger charge is 2.12. The van der Waals surface area contributed by atoms with E-state index in [1.807, 2.05) is 38.1 Å². The van der Waals surface area contributed by atoms with Crippen LogP contribution in [-0.4, -0.2) is 19.3 Å². The number of amides is 1. The van der Waals surface area contributed by atoms with Crippen molar-refractivity contribution < 1.29 is 14.3 Å². The Hall–Kier alpha value is -2.62. The SMILES string of the molecule is COc1cc(CC(=O)NC(C)c2ccccc2C)ccc1C=O. The standard InChI is InChI=1S/C19H21NO3/c1-13-6-4-5-7-17(13)14(2)20-19(22)11-15-8-9-16(12-21)18(10-15)23-3/h4-10,12,14H,11H2,1-3H3,(H,20,22). The van der Waals surface area contributed by atoms with Gasteiger partial charge in [0.1, 0.15) is 5.75 Å². The van der Waals surface area contributed by atoms with E-state index < -0.39 is 0 Å². The molecule has 1 amide bonds. The molecule has 0 radical (unpaired) electrons. The van der Waals surface area contributed by atoms with Crippen LogP contribution in [0.3, 0.4) is 0 Å². The third-order valence-corrected chi connectivity index (χ3v) is 3.82. The van der Waals surface area contributed by atoms with Gasteiger partial charge in [0.2, 0.25) is 5.91 Å². The third kappa shape index (κ3) is 4.19. The highest BCUT2D eigenvalue weighted by atomic mass is 16.5. The van der Waals surface area contributed by atoms with Crippen molar-refractivity contribution in [3.8, 4) is 5.75 Å². The third-order valence-electron chi connectivity index (χ3n) is 3.82. The molecule has 120 valence electrons. The van der Waals surface area contributed by atoms with Gasteiger partial charge in [-0.05, 0) is 42.7 Å². The fourth-order valence-corrected chi connectivity index (χ4v) is 2.59. The van der Waals surface area contributed by atoms with E-state index in [4.69, 9.17) is 4.74 Å². The van der Waals surface area contributed by atoms with Gasteiger partial charge >= 0.3 is 0 Å². The number of aryl methyl sites for hydroxylation is 1. The smallest absolute Gasteiger partial charge is 0.224 e. The summed E-state index contributed by atoms with van der Waals surface area (Å²) in [5.41, 5.74) is 3.54. The maximum absolute atomic E-state index is 12.2. The van der Waals surface area contributed by atoms with Gasteiger partial charge in [-0.2, -0.15) is 0 Å². The van der Waals surface area contributed by atoms with Gasteiger partial charge < -0.3 is 10.1 Å². The maximum Gasteiger partial charge on any atom is 0.224 e. The van der Waals surface area contributed by atoms with E-state index >= 15 is 0 Å². The van der Waals surface area contributed by atoms with Gasteiger partial charge in [-0.3, -0.25) is 9.59 Å². The van der Waals surface area contributed by atoms with Crippen LogP contribution in [0.4, 0.5) is 0 Å². The zero-order chi connectivity index (χ0) is 16.8. The Labute approximate surface area is 136 Å². The molecule has 0 bridgehead atoms. The first-order chi connectivity index (χ1) is 11.0. The van der Waals surface area contributed by atoms with Crippen LogP contribution in [0, 0.1) is 6.92 Å². The summed E-state index contributed by atoms with van der Waals surface area (Å²) in [5.74, 6) is 0.416. The Morgan fingerprint density at radius 1 is 1.26 bits per heavy atom. The van der Waals surface area contributed by atoms with E-state index in [2.05, 4.69) is 5.32 Å². The summed E-state index contributed by atoms with van der Waals surface area (Å²) in [7, 11) is 1.51. The van der Waals surface area contributed by atoms with Crippen LogP contribution in [0.15, 0.2) is 42.5 Å². The molecular formula is C19H21NO3. The number of hydrogen-bond donors (Lipinski definition) is 1. The second-order valence-electron chi connectivity index (χ2n) is 5.52. The molecule has 0 saturated carbocycles. The number of aldehydes is 1. The summed E-state index contributed by atoms with van der Waals surface area (Å²) in [6.45, 7) is 4.00. The number of rotatable bonds is 6. The summed E-state index contributed by atoms with van der Waals surface area (Å²) in [5, 5.41) is 3.00. The number of carbonyl (C=O) groups excluding carboxylic acids is 2. The van der Waals surface area contributed by atoms with Crippen LogP contribution in [-0.2, 0) is 11.2 Å². The van der Waals surface area contributed by atoms with Gasteiger partial charge in [-0.1, -0.05) is 30.3 Å². The first kappa shape index (κ1) is 16.7. The molecule has 0 heterocycles. The molecule has 0 saturated heterocycles. The number of methoxy groups -OCH3 is 1. The zero-order valence-corrected chi connectivity index (χ0v) is 13.6. The molecule has 0 aliphatic rings. The Balaban J connectivity index is 2.05. The molecule has 0 aliphatic carbocycles. The van der Waals surface area contributed by atoms with E-state index in [9.17, 15) is 9.59 Å². The van der Waals surface area contributed by atoms with Crippen LogP contribution in [0.1, 0.15) is 40.0 Å². The van der Waals surface area contributed by atoms with Crippen molar-refractivity contribution in [1.82, 2.24) is 5.32 Å². The van der Waals surface area contributed by atoms with Gasteiger partial charge in [-0.25, -0.2) is 0 Å².